The molecule has 1 N–H and O–H groups in total. The molecule has 0 saturated carbocycles. The molecule has 0 spiro atoms. The Bertz CT molecular complexity index is 509. The lowest BCUT2D eigenvalue weighted by atomic mass is 10.2. The molecule has 4 heteroatoms. The number of aryl methyl sites for hydroxylation is 2. The molecular weight excluding hydrogens is 216 g/mol. The molecule has 0 unspecified atom stereocenters. The Hall–Kier alpha value is -1.94. The zero-order valence-electron chi connectivity index (χ0n) is 9.84. The molecule has 0 bridgehead atoms. The normalized spacial score (nSPS) is 10.3. The van der Waals surface area contributed by atoms with Crippen LogP contribution in [0.3, 0.4) is 0 Å². The lowest BCUT2D eigenvalue weighted by Gasteiger charge is -2.07. The first-order valence-corrected chi connectivity index (χ1v) is 5.37. The van der Waals surface area contributed by atoms with E-state index in [1.165, 1.54) is 0 Å². The minimum absolute atomic E-state index is 0.00873. The summed E-state index contributed by atoms with van der Waals surface area (Å²) in [4.78, 5) is 8.39. The van der Waals surface area contributed by atoms with Gasteiger partial charge in [0.05, 0.1) is 12.8 Å². The zero-order valence-corrected chi connectivity index (χ0v) is 9.84. The van der Waals surface area contributed by atoms with E-state index in [-0.39, 0.29) is 6.61 Å². The Labute approximate surface area is 99.9 Å². The summed E-state index contributed by atoms with van der Waals surface area (Å²) in [6, 6.07) is 7.27. The highest BCUT2D eigenvalue weighted by molar-refractivity contribution is 5.29. The molecule has 2 heterocycles. The largest absolute Gasteiger partial charge is 0.437 e. The fourth-order valence-corrected chi connectivity index (χ4v) is 1.43. The molecule has 0 saturated heterocycles. The number of pyridine rings is 2. The summed E-state index contributed by atoms with van der Waals surface area (Å²) in [5, 5.41) is 9.04. The van der Waals surface area contributed by atoms with Crippen LogP contribution < -0.4 is 4.74 Å². The van der Waals surface area contributed by atoms with Crippen LogP contribution in [0.15, 0.2) is 30.5 Å². The van der Waals surface area contributed by atoms with Gasteiger partial charge >= 0.3 is 0 Å². The molecule has 88 valence electrons. The number of nitrogens with zero attached hydrogens (tertiary/aromatic N) is 2. The predicted octanol–water partition coefficient (Wildman–Crippen LogP) is 2.38. The standard InChI is InChI=1S/C13H14N2O2/c1-9-3-5-12(7-14-9)17-13-6-4-11(8-16)10(2)15-13/h3-7,16H,8H2,1-2H3. The van der Waals surface area contributed by atoms with Crippen molar-refractivity contribution in [3.05, 3.63) is 47.4 Å². The third kappa shape index (κ3) is 2.79. The average Bonchev–Trinajstić information content (AvgIpc) is 2.32. The highest BCUT2D eigenvalue weighted by Crippen LogP contribution is 2.20. The minimum Gasteiger partial charge on any atom is -0.437 e. The smallest absolute Gasteiger partial charge is 0.219 e. The number of aliphatic hydroxyl groups is 1. The van der Waals surface area contributed by atoms with Crippen LogP contribution in [0.1, 0.15) is 17.0 Å². The lowest BCUT2D eigenvalue weighted by molar-refractivity contribution is 0.280. The second kappa shape index (κ2) is 4.93. The summed E-state index contributed by atoms with van der Waals surface area (Å²) < 4.78 is 5.56. The van der Waals surface area contributed by atoms with Gasteiger partial charge in [-0.1, -0.05) is 0 Å². The molecule has 2 aromatic heterocycles. The molecule has 2 rings (SSSR count). The first-order valence-electron chi connectivity index (χ1n) is 5.37. The van der Waals surface area contributed by atoms with Gasteiger partial charge in [0.25, 0.3) is 0 Å². The van der Waals surface area contributed by atoms with Crippen LogP contribution in [-0.4, -0.2) is 15.1 Å². The topological polar surface area (TPSA) is 55.2 Å². The average molecular weight is 230 g/mol. The molecule has 4 nitrogen and oxygen atoms in total. The van der Waals surface area contributed by atoms with Gasteiger partial charge in [0, 0.05) is 17.5 Å². The van der Waals surface area contributed by atoms with Crippen LogP contribution >= 0.6 is 0 Å². The van der Waals surface area contributed by atoms with Gasteiger partial charge in [-0.05, 0) is 37.6 Å². The molecule has 0 atom stereocenters. The quantitative estimate of drug-likeness (QED) is 0.879. The van der Waals surface area contributed by atoms with E-state index in [0.717, 1.165) is 17.0 Å². The maximum Gasteiger partial charge on any atom is 0.219 e. The fourth-order valence-electron chi connectivity index (χ4n) is 1.43. The maximum absolute atomic E-state index is 9.04. The number of hydrogen-bond donors (Lipinski definition) is 1. The van der Waals surface area contributed by atoms with E-state index in [0.29, 0.717) is 11.6 Å². The Morgan fingerprint density at radius 2 is 2.00 bits per heavy atom. The van der Waals surface area contributed by atoms with E-state index >= 15 is 0 Å². The van der Waals surface area contributed by atoms with E-state index in [2.05, 4.69) is 9.97 Å². The number of ether oxygens (including phenoxy) is 1. The van der Waals surface area contributed by atoms with Gasteiger partial charge in [0.1, 0.15) is 5.75 Å². The first-order chi connectivity index (χ1) is 8.19. The lowest BCUT2D eigenvalue weighted by Crippen LogP contribution is -1.95. The Morgan fingerprint density at radius 3 is 2.59 bits per heavy atom. The summed E-state index contributed by atoms with van der Waals surface area (Å²) in [6.45, 7) is 3.75. The molecule has 17 heavy (non-hydrogen) atoms. The van der Waals surface area contributed by atoms with Crippen molar-refractivity contribution in [2.75, 3.05) is 0 Å². The Balaban J connectivity index is 2.19. The van der Waals surface area contributed by atoms with E-state index in [1.54, 1.807) is 18.3 Å². The van der Waals surface area contributed by atoms with Crippen LogP contribution in [0.4, 0.5) is 0 Å². The van der Waals surface area contributed by atoms with Gasteiger partial charge in [-0.25, -0.2) is 4.98 Å². The third-order valence-corrected chi connectivity index (χ3v) is 2.45. The van der Waals surface area contributed by atoms with Crippen LogP contribution in [0.25, 0.3) is 0 Å². The number of aromatic nitrogens is 2. The van der Waals surface area contributed by atoms with Crippen molar-refractivity contribution < 1.29 is 9.84 Å². The van der Waals surface area contributed by atoms with Gasteiger partial charge in [0.15, 0.2) is 0 Å². The molecule has 0 aliphatic heterocycles. The highest BCUT2D eigenvalue weighted by Gasteiger charge is 2.03. The van der Waals surface area contributed by atoms with Crippen LogP contribution in [-0.2, 0) is 6.61 Å². The van der Waals surface area contributed by atoms with Crippen LogP contribution in [0, 0.1) is 13.8 Å². The Kier molecular flexibility index (Phi) is 3.35. The molecule has 0 aliphatic rings. The van der Waals surface area contributed by atoms with Crippen molar-refractivity contribution in [3.63, 3.8) is 0 Å². The maximum atomic E-state index is 9.04. The van der Waals surface area contributed by atoms with Crippen molar-refractivity contribution in [3.8, 4) is 11.6 Å². The fraction of sp³-hybridized carbons (Fsp3) is 0.231. The van der Waals surface area contributed by atoms with Crippen molar-refractivity contribution >= 4 is 0 Å². The second-order valence-corrected chi connectivity index (χ2v) is 3.79. The summed E-state index contributed by atoms with van der Waals surface area (Å²) >= 11 is 0. The molecule has 0 radical (unpaired) electrons. The summed E-state index contributed by atoms with van der Waals surface area (Å²) in [5.41, 5.74) is 2.52. The van der Waals surface area contributed by atoms with Crippen molar-refractivity contribution in [1.82, 2.24) is 9.97 Å². The summed E-state index contributed by atoms with van der Waals surface area (Å²) in [5.74, 6) is 1.16. The van der Waals surface area contributed by atoms with Crippen LogP contribution in [0.2, 0.25) is 0 Å². The van der Waals surface area contributed by atoms with E-state index < -0.39 is 0 Å². The highest BCUT2D eigenvalue weighted by atomic mass is 16.5. The molecule has 0 amide bonds. The van der Waals surface area contributed by atoms with Gasteiger partial charge in [-0.15, -0.1) is 0 Å². The molecule has 0 aliphatic carbocycles. The summed E-state index contributed by atoms with van der Waals surface area (Å²) in [6.07, 6.45) is 1.66. The number of rotatable bonds is 3. The second-order valence-electron chi connectivity index (χ2n) is 3.79. The van der Waals surface area contributed by atoms with E-state index in [4.69, 9.17) is 9.84 Å². The van der Waals surface area contributed by atoms with E-state index in [9.17, 15) is 0 Å². The zero-order chi connectivity index (χ0) is 12.3. The Morgan fingerprint density at radius 1 is 1.18 bits per heavy atom. The van der Waals surface area contributed by atoms with Gasteiger partial charge in [-0.3, -0.25) is 4.98 Å². The third-order valence-electron chi connectivity index (χ3n) is 2.45. The summed E-state index contributed by atoms with van der Waals surface area (Å²) in [7, 11) is 0. The van der Waals surface area contributed by atoms with Crippen molar-refractivity contribution in [2.45, 2.75) is 20.5 Å². The predicted molar refractivity (Wildman–Crippen MR) is 63.9 cm³/mol. The monoisotopic (exact) mass is 230 g/mol. The molecule has 0 fully saturated rings. The van der Waals surface area contributed by atoms with Crippen LogP contribution in [0.5, 0.6) is 11.6 Å². The van der Waals surface area contributed by atoms with E-state index in [1.807, 2.05) is 26.0 Å². The van der Waals surface area contributed by atoms with Crippen molar-refractivity contribution in [1.29, 1.82) is 0 Å². The SMILES string of the molecule is Cc1ccc(Oc2ccc(CO)c(C)n2)cn1. The van der Waals surface area contributed by atoms with Gasteiger partial charge in [0.2, 0.25) is 5.88 Å². The number of hydrogen-bond acceptors (Lipinski definition) is 4. The minimum atomic E-state index is -0.00873. The molecular formula is C13H14N2O2. The van der Waals surface area contributed by atoms with Gasteiger partial charge < -0.3 is 9.84 Å². The molecule has 2 aromatic rings. The molecule has 0 aromatic carbocycles. The first kappa shape index (κ1) is 11.5. The van der Waals surface area contributed by atoms with Crippen molar-refractivity contribution in [2.24, 2.45) is 0 Å². The van der Waals surface area contributed by atoms with Gasteiger partial charge in [-0.2, -0.15) is 0 Å². The number of aliphatic hydroxyl groups excluding tert-OH is 1.